The molecule has 19 heavy (non-hydrogen) atoms. The third-order valence-electron chi connectivity index (χ3n) is 2.78. The summed E-state index contributed by atoms with van der Waals surface area (Å²) in [5.74, 6) is 0. The van der Waals surface area contributed by atoms with Crippen molar-refractivity contribution < 1.29 is 10.0 Å². The van der Waals surface area contributed by atoms with E-state index in [0.717, 1.165) is 0 Å². The fourth-order valence-electron chi connectivity index (χ4n) is 1.60. The molecule has 7 heteroatoms. The Bertz CT molecular complexity index is 461. The molecule has 0 radical (unpaired) electrons. The smallest absolute Gasteiger partial charge is 0.288 e. The standard InChI is InChI=1S/C12H17ClN2O3.ClH/c1-12(2,3)11(16)10(14)7-4-5-8(13)9(6-7)15(17)18;/h4-6,10-11,16H,14H2,1-3H3;1H/t10-,11-;/m0./s1. The molecule has 0 saturated heterocycles. The first-order valence-corrected chi connectivity index (χ1v) is 5.90. The predicted molar refractivity (Wildman–Crippen MR) is 77.7 cm³/mol. The van der Waals surface area contributed by atoms with Gasteiger partial charge in [0.2, 0.25) is 0 Å². The summed E-state index contributed by atoms with van der Waals surface area (Å²) in [5.41, 5.74) is 5.81. The Labute approximate surface area is 123 Å². The van der Waals surface area contributed by atoms with Gasteiger partial charge in [0.25, 0.3) is 5.69 Å². The minimum absolute atomic E-state index is 0. The third-order valence-corrected chi connectivity index (χ3v) is 3.10. The molecule has 0 unspecified atom stereocenters. The van der Waals surface area contributed by atoms with Gasteiger partial charge in [0.15, 0.2) is 0 Å². The van der Waals surface area contributed by atoms with Crippen molar-refractivity contribution in [1.29, 1.82) is 0 Å². The lowest BCUT2D eigenvalue weighted by Gasteiger charge is -2.30. The zero-order valence-corrected chi connectivity index (χ0v) is 12.5. The van der Waals surface area contributed by atoms with Gasteiger partial charge in [0, 0.05) is 6.07 Å². The molecule has 0 spiro atoms. The number of hydrogen-bond donors (Lipinski definition) is 2. The van der Waals surface area contributed by atoms with Crippen LogP contribution in [0.4, 0.5) is 5.69 Å². The van der Waals surface area contributed by atoms with Gasteiger partial charge >= 0.3 is 0 Å². The molecule has 0 aliphatic heterocycles. The van der Waals surface area contributed by atoms with Crippen LogP contribution < -0.4 is 5.73 Å². The van der Waals surface area contributed by atoms with E-state index >= 15 is 0 Å². The number of nitro groups is 1. The van der Waals surface area contributed by atoms with Crippen molar-refractivity contribution in [2.24, 2.45) is 11.1 Å². The lowest BCUT2D eigenvalue weighted by molar-refractivity contribution is -0.384. The number of nitro benzene ring substituents is 1. The largest absolute Gasteiger partial charge is 0.391 e. The number of rotatable bonds is 3. The van der Waals surface area contributed by atoms with E-state index in [1.54, 1.807) is 6.07 Å². The molecule has 1 aromatic rings. The first kappa shape index (κ1) is 18.1. The summed E-state index contributed by atoms with van der Waals surface area (Å²) in [7, 11) is 0. The van der Waals surface area contributed by atoms with Crippen LogP contribution in [0.3, 0.4) is 0 Å². The minimum atomic E-state index is -0.807. The lowest BCUT2D eigenvalue weighted by Crippen LogP contribution is -2.36. The second-order valence-electron chi connectivity index (χ2n) is 5.30. The molecule has 0 aliphatic rings. The van der Waals surface area contributed by atoms with E-state index in [0.29, 0.717) is 5.56 Å². The van der Waals surface area contributed by atoms with Crippen molar-refractivity contribution in [3.63, 3.8) is 0 Å². The van der Waals surface area contributed by atoms with Crippen molar-refractivity contribution in [2.75, 3.05) is 0 Å². The second-order valence-corrected chi connectivity index (χ2v) is 5.71. The maximum atomic E-state index is 10.8. The van der Waals surface area contributed by atoms with E-state index in [1.807, 2.05) is 20.8 Å². The quantitative estimate of drug-likeness (QED) is 0.663. The van der Waals surface area contributed by atoms with Gasteiger partial charge in [-0.15, -0.1) is 12.4 Å². The molecular formula is C12H18Cl2N2O3. The van der Waals surface area contributed by atoms with Crippen LogP contribution in [0.5, 0.6) is 0 Å². The molecule has 0 aromatic heterocycles. The molecule has 0 amide bonds. The lowest BCUT2D eigenvalue weighted by atomic mass is 9.82. The van der Waals surface area contributed by atoms with Crippen LogP contribution in [0.1, 0.15) is 32.4 Å². The van der Waals surface area contributed by atoms with Gasteiger partial charge in [-0.25, -0.2) is 0 Å². The monoisotopic (exact) mass is 308 g/mol. The fourth-order valence-corrected chi connectivity index (χ4v) is 1.78. The Kier molecular flexibility index (Phi) is 6.22. The summed E-state index contributed by atoms with van der Waals surface area (Å²) in [6.07, 6.45) is -0.807. The van der Waals surface area contributed by atoms with Crippen molar-refractivity contribution in [2.45, 2.75) is 32.9 Å². The van der Waals surface area contributed by atoms with Crippen LogP contribution in [0.25, 0.3) is 0 Å². The normalized spacial score (nSPS) is 14.4. The van der Waals surface area contributed by atoms with Crippen molar-refractivity contribution in [3.8, 4) is 0 Å². The van der Waals surface area contributed by atoms with Crippen LogP contribution in [-0.4, -0.2) is 16.1 Å². The highest BCUT2D eigenvalue weighted by Gasteiger charge is 2.30. The van der Waals surface area contributed by atoms with Gasteiger partial charge < -0.3 is 10.8 Å². The third kappa shape index (κ3) is 4.31. The molecule has 0 fully saturated rings. The average Bonchev–Trinajstić information content (AvgIpc) is 2.26. The topological polar surface area (TPSA) is 89.4 Å². The highest BCUT2D eigenvalue weighted by Crippen LogP contribution is 2.32. The molecule has 1 aromatic carbocycles. The van der Waals surface area contributed by atoms with Crippen molar-refractivity contribution in [3.05, 3.63) is 38.9 Å². The van der Waals surface area contributed by atoms with Gasteiger partial charge in [0.05, 0.1) is 17.1 Å². The van der Waals surface area contributed by atoms with E-state index in [4.69, 9.17) is 17.3 Å². The Hall–Kier alpha value is -0.880. The zero-order valence-electron chi connectivity index (χ0n) is 11.0. The zero-order chi connectivity index (χ0) is 14.1. The predicted octanol–water partition coefficient (Wildman–Crippen LogP) is 3.08. The summed E-state index contributed by atoms with van der Waals surface area (Å²) in [6, 6.07) is 3.63. The Balaban J connectivity index is 0.00000324. The highest BCUT2D eigenvalue weighted by atomic mass is 35.5. The number of halogens is 2. The fraction of sp³-hybridized carbons (Fsp3) is 0.500. The van der Waals surface area contributed by atoms with Crippen molar-refractivity contribution in [1.82, 2.24) is 0 Å². The average molecular weight is 309 g/mol. The number of nitrogens with two attached hydrogens (primary N) is 1. The molecule has 0 aliphatic carbocycles. The Morgan fingerprint density at radius 1 is 1.42 bits per heavy atom. The maximum Gasteiger partial charge on any atom is 0.288 e. The number of benzene rings is 1. The van der Waals surface area contributed by atoms with Crippen molar-refractivity contribution >= 4 is 29.7 Å². The van der Waals surface area contributed by atoms with E-state index in [-0.39, 0.29) is 23.1 Å². The molecule has 1 rings (SSSR count). The van der Waals surface area contributed by atoms with Gasteiger partial charge in [-0.3, -0.25) is 10.1 Å². The molecule has 5 nitrogen and oxygen atoms in total. The van der Waals surface area contributed by atoms with Gasteiger partial charge in [-0.2, -0.15) is 0 Å². The molecule has 0 saturated carbocycles. The molecule has 0 heterocycles. The maximum absolute atomic E-state index is 10.8. The number of aliphatic hydroxyl groups excluding tert-OH is 1. The van der Waals surface area contributed by atoms with Crippen LogP contribution in [0.2, 0.25) is 5.02 Å². The van der Waals surface area contributed by atoms with E-state index in [1.165, 1.54) is 12.1 Å². The molecule has 3 N–H and O–H groups in total. The van der Waals surface area contributed by atoms with Gasteiger partial charge in [-0.05, 0) is 17.0 Å². The summed E-state index contributed by atoms with van der Waals surface area (Å²) in [6.45, 7) is 5.55. The minimum Gasteiger partial charge on any atom is -0.391 e. The molecule has 2 atom stereocenters. The summed E-state index contributed by atoms with van der Waals surface area (Å²) in [4.78, 5) is 10.2. The number of nitrogens with zero attached hydrogens (tertiary/aromatic N) is 1. The van der Waals surface area contributed by atoms with Crippen LogP contribution in [0, 0.1) is 15.5 Å². The summed E-state index contributed by atoms with van der Waals surface area (Å²) >= 11 is 5.72. The number of hydrogen-bond acceptors (Lipinski definition) is 4. The van der Waals surface area contributed by atoms with Crippen LogP contribution >= 0.6 is 24.0 Å². The number of aliphatic hydroxyl groups is 1. The van der Waals surface area contributed by atoms with E-state index in [9.17, 15) is 15.2 Å². The summed E-state index contributed by atoms with van der Waals surface area (Å²) < 4.78 is 0. The molecule has 0 bridgehead atoms. The molecular weight excluding hydrogens is 291 g/mol. The first-order chi connectivity index (χ1) is 8.14. The van der Waals surface area contributed by atoms with Crippen LogP contribution in [0.15, 0.2) is 18.2 Å². The molecule has 108 valence electrons. The highest BCUT2D eigenvalue weighted by molar-refractivity contribution is 6.32. The van der Waals surface area contributed by atoms with E-state index in [2.05, 4.69) is 0 Å². The summed E-state index contributed by atoms with van der Waals surface area (Å²) in [5, 5.41) is 20.9. The van der Waals surface area contributed by atoms with Gasteiger partial charge in [0.1, 0.15) is 5.02 Å². The second kappa shape index (κ2) is 6.52. The SMILES string of the molecule is CC(C)(C)[C@@H](O)[C@@H](N)c1ccc(Cl)c([N+](=O)[O-])c1.Cl. The van der Waals surface area contributed by atoms with E-state index < -0.39 is 22.5 Å². The Morgan fingerprint density at radius 3 is 2.37 bits per heavy atom. The first-order valence-electron chi connectivity index (χ1n) is 5.52. The Morgan fingerprint density at radius 2 is 1.95 bits per heavy atom. The van der Waals surface area contributed by atoms with Crippen LogP contribution in [-0.2, 0) is 0 Å². The van der Waals surface area contributed by atoms with Gasteiger partial charge in [-0.1, -0.05) is 38.4 Å².